The van der Waals surface area contributed by atoms with Gasteiger partial charge >= 0.3 is 0 Å². The Morgan fingerprint density at radius 2 is 0.889 bits per heavy atom. The van der Waals surface area contributed by atoms with Gasteiger partial charge in [0, 0.05) is 5.41 Å². The van der Waals surface area contributed by atoms with Crippen LogP contribution in [-0.4, -0.2) is 0 Å². The van der Waals surface area contributed by atoms with Crippen molar-refractivity contribution in [2.45, 2.75) is 96.3 Å². The molecule has 2 aromatic carbocycles. The molecule has 0 heteroatoms. The summed E-state index contributed by atoms with van der Waals surface area (Å²) in [6.45, 7) is 4.72. The van der Waals surface area contributed by atoms with Crippen LogP contribution >= 0.6 is 0 Å². The minimum absolute atomic E-state index is 0.127. The highest BCUT2D eigenvalue weighted by atomic mass is 14.3. The molecule has 0 bridgehead atoms. The fourth-order valence-corrected chi connectivity index (χ4v) is 4.21. The molecule has 0 nitrogen and oxygen atoms in total. The molecule has 0 N–H and O–H groups in total. The second-order valence-electron chi connectivity index (χ2n) is 8.35. The second kappa shape index (κ2) is 12.8. The zero-order valence-electron chi connectivity index (χ0n) is 17.8. The van der Waals surface area contributed by atoms with Gasteiger partial charge in [0.25, 0.3) is 0 Å². The van der Waals surface area contributed by atoms with Gasteiger partial charge in [-0.2, -0.15) is 0 Å². The lowest BCUT2D eigenvalue weighted by molar-refractivity contribution is 0.469. The van der Waals surface area contributed by atoms with Crippen LogP contribution in [-0.2, 0) is 5.41 Å². The van der Waals surface area contributed by atoms with Crippen molar-refractivity contribution in [2.24, 2.45) is 0 Å². The summed E-state index contributed by atoms with van der Waals surface area (Å²) in [6.07, 6.45) is 16.7. The Labute approximate surface area is 168 Å². The summed E-state index contributed by atoms with van der Waals surface area (Å²) in [4.78, 5) is 0. The first-order chi connectivity index (χ1) is 13.3. The van der Waals surface area contributed by atoms with Gasteiger partial charge in [0.2, 0.25) is 0 Å². The van der Waals surface area contributed by atoms with Crippen LogP contribution < -0.4 is 0 Å². The van der Waals surface area contributed by atoms with E-state index >= 15 is 0 Å². The van der Waals surface area contributed by atoms with E-state index in [1.807, 2.05) is 0 Å². The maximum atomic E-state index is 2.42. The normalized spacial score (nSPS) is 11.6. The largest absolute Gasteiger partial charge is 0.0654 e. The van der Waals surface area contributed by atoms with E-state index in [4.69, 9.17) is 0 Å². The van der Waals surface area contributed by atoms with Gasteiger partial charge in [0.05, 0.1) is 0 Å². The highest BCUT2D eigenvalue weighted by Gasteiger charge is 2.27. The van der Waals surface area contributed by atoms with Crippen molar-refractivity contribution in [1.29, 1.82) is 0 Å². The summed E-state index contributed by atoms with van der Waals surface area (Å²) >= 11 is 0. The number of benzene rings is 2. The van der Waals surface area contributed by atoms with E-state index in [9.17, 15) is 0 Å². The van der Waals surface area contributed by atoms with Gasteiger partial charge in [-0.1, -0.05) is 145 Å². The maximum Gasteiger partial charge on any atom is 0.0174 e. The van der Waals surface area contributed by atoms with E-state index in [0.717, 1.165) is 0 Å². The van der Waals surface area contributed by atoms with Gasteiger partial charge in [-0.25, -0.2) is 0 Å². The van der Waals surface area contributed by atoms with E-state index < -0.39 is 0 Å². The molecule has 148 valence electrons. The molecule has 0 aliphatic rings. The molecule has 0 aliphatic carbocycles. The molecule has 2 rings (SSSR count). The number of unbranched alkanes of at least 4 members (excludes halogenated alkanes) is 10. The van der Waals surface area contributed by atoms with Crippen molar-refractivity contribution >= 4 is 0 Å². The Kier molecular flexibility index (Phi) is 10.3. The quantitative estimate of drug-likeness (QED) is 0.294. The summed E-state index contributed by atoms with van der Waals surface area (Å²) in [5.41, 5.74) is 3.02. The first-order valence-corrected chi connectivity index (χ1v) is 11.4. The van der Waals surface area contributed by atoms with Crippen LogP contribution in [0.1, 0.15) is 102 Å². The van der Waals surface area contributed by atoms with Crippen molar-refractivity contribution in [2.75, 3.05) is 0 Å². The third-order valence-electron chi connectivity index (χ3n) is 6.10. The van der Waals surface area contributed by atoms with Crippen LogP contribution in [0.25, 0.3) is 0 Å². The van der Waals surface area contributed by atoms with Crippen molar-refractivity contribution in [3.63, 3.8) is 0 Å². The minimum atomic E-state index is 0.127. The predicted octanol–water partition coefficient (Wildman–Crippen LogP) is 8.69. The Morgan fingerprint density at radius 1 is 0.519 bits per heavy atom. The third-order valence-corrected chi connectivity index (χ3v) is 6.10. The summed E-state index contributed by atoms with van der Waals surface area (Å²) < 4.78 is 0. The number of hydrogen-bond acceptors (Lipinski definition) is 0. The highest BCUT2D eigenvalue weighted by molar-refractivity contribution is 5.38. The fourth-order valence-electron chi connectivity index (χ4n) is 4.21. The first-order valence-electron chi connectivity index (χ1n) is 11.4. The molecular weight excluding hydrogens is 324 g/mol. The van der Waals surface area contributed by atoms with Gasteiger partial charge in [0.15, 0.2) is 0 Å². The van der Waals surface area contributed by atoms with Crippen LogP contribution in [0.2, 0.25) is 0 Å². The van der Waals surface area contributed by atoms with Gasteiger partial charge in [-0.3, -0.25) is 0 Å². The van der Waals surface area contributed by atoms with E-state index in [0.29, 0.717) is 0 Å². The highest BCUT2D eigenvalue weighted by Crippen LogP contribution is 2.36. The van der Waals surface area contributed by atoms with Crippen LogP contribution in [0.5, 0.6) is 0 Å². The topological polar surface area (TPSA) is 0 Å². The standard InChI is InChI=1S/C27H40/c1-3-4-5-6-7-8-9-10-11-12-19-24-27(2,25-20-15-13-16-21-25)26-22-17-14-18-23-26/h13-18,20-23H,3-12,19,24H2,1-2H3. The van der Waals surface area contributed by atoms with Crippen LogP contribution in [0.4, 0.5) is 0 Å². The Balaban J connectivity index is 1.73. The molecule has 0 radical (unpaired) electrons. The lowest BCUT2D eigenvalue weighted by Gasteiger charge is -2.31. The van der Waals surface area contributed by atoms with Crippen molar-refractivity contribution in [3.8, 4) is 0 Å². The molecule has 0 fully saturated rings. The molecule has 2 aromatic rings. The van der Waals surface area contributed by atoms with Crippen molar-refractivity contribution in [3.05, 3.63) is 71.8 Å². The number of hydrogen-bond donors (Lipinski definition) is 0. The number of rotatable bonds is 14. The van der Waals surface area contributed by atoms with E-state index in [1.54, 1.807) is 0 Å². The average Bonchev–Trinajstić information content (AvgIpc) is 2.73. The zero-order chi connectivity index (χ0) is 19.2. The average molecular weight is 365 g/mol. The molecule has 27 heavy (non-hydrogen) atoms. The van der Waals surface area contributed by atoms with E-state index in [-0.39, 0.29) is 5.41 Å². The first kappa shape index (κ1) is 21.7. The Morgan fingerprint density at radius 3 is 1.30 bits per heavy atom. The second-order valence-corrected chi connectivity index (χ2v) is 8.35. The van der Waals surface area contributed by atoms with E-state index in [2.05, 4.69) is 74.5 Å². The molecule has 0 aliphatic heterocycles. The molecule has 0 spiro atoms. The molecule has 0 aromatic heterocycles. The predicted molar refractivity (Wildman–Crippen MR) is 120 cm³/mol. The molecule has 0 saturated heterocycles. The lowest BCUT2D eigenvalue weighted by Crippen LogP contribution is -2.23. The monoisotopic (exact) mass is 364 g/mol. The van der Waals surface area contributed by atoms with Gasteiger partial charge < -0.3 is 0 Å². The molecule has 0 unspecified atom stereocenters. The van der Waals surface area contributed by atoms with E-state index in [1.165, 1.54) is 88.2 Å². The lowest BCUT2D eigenvalue weighted by atomic mass is 9.72. The van der Waals surface area contributed by atoms with Crippen molar-refractivity contribution < 1.29 is 0 Å². The summed E-state index contributed by atoms with van der Waals surface area (Å²) in [5, 5.41) is 0. The van der Waals surface area contributed by atoms with Crippen LogP contribution in [0.3, 0.4) is 0 Å². The summed E-state index contributed by atoms with van der Waals surface area (Å²) in [6, 6.07) is 22.1. The van der Waals surface area contributed by atoms with Crippen LogP contribution in [0, 0.1) is 0 Å². The van der Waals surface area contributed by atoms with Gasteiger partial charge in [-0.15, -0.1) is 0 Å². The third kappa shape index (κ3) is 7.53. The summed E-state index contributed by atoms with van der Waals surface area (Å²) in [7, 11) is 0. The summed E-state index contributed by atoms with van der Waals surface area (Å²) in [5.74, 6) is 0. The van der Waals surface area contributed by atoms with Gasteiger partial charge in [0.1, 0.15) is 0 Å². The smallest absolute Gasteiger partial charge is 0.0174 e. The Bertz CT molecular complexity index is 544. The molecule has 0 amide bonds. The van der Waals surface area contributed by atoms with Gasteiger partial charge in [-0.05, 0) is 17.5 Å². The maximum absolute atomic E-state index is 2.42. The Hall–Kier alpha value is -1.56. The minimum Gasteiger partial charge on any atom is -0.0654 e. The molecule has 0 atom stereocenters. The SMILES string of the molecule is CCCCCCCCCCCCCC(C)(c1ccccc1)c1ccccc1. The van der Waals surface area contributed by atoms with Crippen LogP contribution in [0.15, 0.2) is 60.7 Å². The van der Waals surface area contributed by atoms with Crippen molar-refractivity contribution in [1.82, 2.24) is 0 Å². The molecular formula is C27H40. The molecule has 0 heterocycles. The fraction of sp³-hybridized carbons (Fsp3) is 0.556. The molecule has 0 saturated carbocycles. The zero-order valence-corrected chi connectivity index (χ0v) is 17.8.